The topological polar surface area (TPSA) is 98.0 Å². The van der Waals surface area contributed by atoms with Crippen molar-refractivity contribution in [2.45, 2.75) is 12.2 Å². The van der Waals surface area contributed by atoms with Gasteiger partial charge in [0, 0.05) is 0 Å². The quantitative estimate of drug-likeness (QED) is 0.327. The van der Waals surface area contributed by atoms with Gasteiger partial charge in [-0.1, -0.05) is 0 Å². The number of carbonyl (C=O) groups is 1. The van der Waals surface area contributed by atoms with Crippen LogP contribution in [-0.2, 0) is 4.79 Å². The Labute approximate surface area is 57.5 Å². The lowest BCUT2D eigenvalue weighted by atomic mass is 10.2. The van der Waals surface area contributed by atoms with Crippen LogP contribution < -0.4 is 0 Å². The Bertz CT molecular complexity index is 113. The Morgan fingerprint density at radius 3 is 2.10 bits per heavy atom. The average molecular weight is 151 g/mol. The molecule has 0 radical (unpaired) electrons. The molecule has 4 N–H and O–H groups in total. The molecule has 0 aromatic carbocycles. The lowest BCUT2D eigenvalue weighted by Gasteiger charge is -2.11. The maximum absolute atomic E-state index is 10.3. The van der Waals surface area contributed by atoms with E-state index >= 15 is 0 Å². The third kappa shape index (κ3) is 2.40. The summed E-state index contributed by atoms with van der Waals surface area (Å²) >= 11 is 0. The van der Waals surface area contributed by atoms with Gasteiger partial charge in [-0.25, -0.2) is 0 Å². The van der Waals surface area contributed by atoms with Crippen LogP contribution in [0.5, 0.6) is 0 Å². The van der Waals surface area contributed by atoms with E-state index in [0.717, 1.165) is 0 Å². The number of hydrogen-bond acceptors (Lipinski definition) is 5. The van der Waals surface area contributed by atoms with Crippen molar-refractivity contribution in [1.29, 1.82) is 0 Å². The molecule has 0 spiro atoms. The smallest absolute Gasteiger partial charge is 0.189 e. The van der Waals surface area contributed by atoms with Crippen LogP contribution in [0.4, 0.5) is 0 Å². The number of aliphatic hydroxyl groups is 4. The molecule has 10 heavy (non-hydrogen) atoms. The Morgan fingerprint density at radius 1 is 1.30 bits per heavy atom. The van der Waals surface area contributed by atoms with Crippen LogP contribution in [0.15, 0.2) is 0 Å². The van der Waals surface area contributed by atoms with Gasteiger partial charge in [-0.05, 0) is 0 Å². The van der Waals surface area contributed by atoms with Crippen LogP contribution in [0.1, 0.15) is 0 Å². The van der Waals surface area contributed by atoms with Crippen molar-refractivity contribution in [3.8, 4) is 0 Å². The molecule has 60 valence electrons. The van der Waals surface area contributed by atoms with Gasteiger partial charge in [-0.3, -0.25) is 4.79 Å². The fourth-order valence-electron chi connectivity index (χ4n) is 0.408. The van der Waals surface area contributed by atoms with Crippen molar-refractivity contribution in [3.63, 3.8) is 0 Å². The first-order valence-corrected chi connectivity index (χ1v) is 2.74. The van der Waals surface area contributed by atoms with Gasteiger partial charge in [0.15, 0.2) is 5.78 Å². The van der Waals surface area contributed by atoms with E-state index in [1.54, 1.807) is 0 Å². The molecule has 0 amide bonds. The summed E-state index contributed by atoms with van der Waals surface area (Å²) in [6.07, 6.45) is -3.19. The van der Waals surface area contributed by atoms with Gasteiger partial charge < -0.3 is 20.4 Å². The molecule has 0 saturated heterocycles. The van der Waals surface area contributed by atoms with Crippen LogP contribution in [-0.4, -0.2) is 51.6 Å². The van der Waals surface area contributed by atoms with E-state index in [1.807, 2.05) is 0 Å². The molecule has 0 aromatic heterocycles. The molecule has 0 heterocycles. The maximum Gasteiger partial charge on any atom is 0.189 e. The largest absolute Gasteiger partial charge is 0.394 e. The molecule has 0 aliphatic heterocycles. The minimum absolute atomic E-state index is 0.701. The number of hydrogen-bond donors (Lipinski definition) is 4. The molecule has 0 saturated carbocycles. The summed E-state index contributed by atoms with van der Waals surface area (Å²) in [7, 11) is 0. The molecule has 0 bridgehead atoms. The Hall–Kier alpha value is -0.490. The summed E-state index contributed by atoms with van der Waals surface area (Å²) in [6, 6.07) is 0. The predicted molar refractivity (Wildman–Crippen MR) is 31.2 cm³/mol. The standard InChI is InChI=1S/C5H10O5/c6-1-3(8)5(10)4(9)2-7/h3,5-8,10H,1-2H2/t3-,5+/m1/s1/i2+1. The monoisotopic (exact) mass is 151 g/mol. The number of ketones is 1. The van der Waals surface area contributed by atoms with Gasteiger partial charge in [0.25, 0.3) is 0 Å². The average Bonchev–Trinajstić information content (AvgIpc) is 2.00. The van der Waals surface area contributed by atoms with Crippen LogP contribution in [0.3, 0.4) is 0 Å². The summed E-state index contributed by atoms with van der Waals surface area (Å²) in [6.45, 7) is -1.54. The normalized spacial score (nSPS) is 16.4. The lowest BCUT2D eigenvalue weighted by molar-refractivity contribution is -0.137. The Morgan fingerprint density at radius 2 is 1.80 bits per heavy atom. The predicted octanol–water partition coefficient (Wildman–Crippen LogP) is -2.74. The van der Waals surface area contributed by atoms with Crippen LogP contribution >= 0.6 is 0 Å². The summed E-state index contributed by atoms with van der Waals surface area (Å²) < 4.78 is 0. The molecule has 0 unspecified atom stereocenters. The van der Waals surface area contributed by atoms with E-state index in [9.17, 15) is 4.79 Å². The van der Waals surface area contributed by atoms with Crippen molar-refractivity contribution < 1.29 is 25.2 Å². The van der Waals surface area contributed by atoms with Gasteiger partial charge in [-0.15, -0.1) is 0 Å². The fraction of sp³-hybridized carbons (Fsp3) is 0.800. The first-order valence-electron chi connectivity index (χ1n) is 2.74. The SMILES string of the molecule is O=C([13CH2]O)[C@@H](O)[C@H](O)CO. The third-order valence-corrected chi connectivity index (χ3v) is 1.04. The second-order valence-electron chi connectivity index (χ2n) is 1.82. The van der Waals surface area contributed by atoms with E-state index in [-0.39, 0.29) is 0 Å². The molecule has 2 atom stereocenters. The first-order chi connectivity index (χ1) is 4.63. The van der Waals surface area contributed by atoms with E-state index in [1.165, 1.54) is 0 Å². The molecular weight excluding hydrogens is 141 g/mol. The highest BCUT2D eigenvalue weighted by Crippen LogP contribution is 1.92. The summed E-state index contributed by atoms with van der Waals surface area (Å²) in [5.74, 6) is -0.901. The molecule has 5 heteroatoms. The zero-order valence-corrected chi connectivity index (χ0v) is 5.27. The van der Waals surface area contributed by atoms with Crippen LogP contribution in [0.2, 0.25) is 0 Å². The van der Waals surface area contributed by atoms with Crippen molar-refractivity contribution >= 4 is 5.78 Å². The van der Waals surface area contributed by atoms with Gasteiger partial charge >= 0.3 is 0 Å². The van der Waals surface area contributed by atoms with Gasteiger partial charge in [0.2, 0.25) is 0 Å². The fourth-order valence-corrected chi connectivity index (χ4v) is 0.408. The van der Waals surface area contributed by atoms with Crippen molar-refractivity contribution in [3.05, 3.63) is 0 Å². The van der Waals surface area contributed by atoms with E-state index < -0.39 is 31.2 Å². The highest BCUT2D eigenvalue weighted by Gasteiger charge is 2.21. The number of Topliss-reactive ketones (excluding diaryl/α,β-unsaturated/α-hetero) is 1. The first kappa shape index (κ1) is 9.51. The minimum atomic E-state index is -1.69. The molecule has 0 aliphatic rings. The molecule has 0 rings (SSSR count). The third-order valence-electron chi connectivity index (χ3n) is 1.04. The minimum Gasteiger partial charge on any atom is -0.394 e. The molecule has 0 aromatic rings. The van der Waals surface area contributed by atoms with Gasteiger partial charge in [0.05, 0.1) is 6.61 Å². The summed E-state index contributed by atoms with van der Waals surface area (Å²) in [5, 5.41) is 33.6. The molecular formula is C5H10O5. The zero-order chi connectivity index (χ0) is 8.15. The van der Waals surface area contributed by atoms with Crippen LogP contribution in [0, 0.1) is 0 Å². The summed E-state index contributed by atoms with van der Waals surface area (Å²) in [4.78, 5) is 10.3. The second-order valence-corrected chi connectivity index (χ2v) is 1.82. The molecule has 0 fully saturated rings. The van der Waals surface area contributed by atoms with Crippen LogP contribution in [0.25, 0.3) is 0 Å². The van der Waals surface area contributed by atoms with Crippen molar-refractivity contribution in [2.24, 2.45) is 0 Å². The van der Waals surface area contributed by atoms with Crippen molar-refractivity contribution in [2.75, 3.05) is 13.2 Å². The Kier molecular flexibility index (Phi) is 4.13. The number of carbonyl (C=O) groups excluding carboxylic acids is 1. The van der Waals surface area contributed by atoms with Gasteiger partial charge in [-0.2, -0.15) is 0 Å². The van der Waals surface area contributed by atoms with E-state index in [4.69, 9.17) is 20.4 Å². The lowest BCUT2D eigenvalue weighted by Crippen LogP contribution is -2.37. The Balaban J connectivity index is 3.81. The molecule has 5 nitrogen and oxygen atoms in total. The van der Waals surface area contributed by atoms with Gasteiger partial charge in [0.1, 0.15) is 18.8 Å². The summed E-state index contributed by atoms with van der Waals surface area (Å²) in [5.41, 5.74) is 0. The molecule has 0 aliphatic carbocycles. The van der Waals surface area contributed by atoms with E-state index in [2.05, 4.69) is 0 Å². The highest BCUT2D eigenvalue weighted by atomic mass is 16.4. The second kappa shape index (κ2) is 4.35. The zero-order valence-electron chi connectivity index (χ0n) is 5.27. The maximum atomic E-state index is 10.3. The number of rotatable bonds is 4. The highest BCUT2D eigenvalue weighted by molar-refractivity contribution is 5.84. The van der Waals surface area contributed by atoms with Crippen molar-refractivity contribution in [1.82, 2.24) is 0 Å². The van der Waals surface area contributed by atoms with E-state index in [0.29, 0.717) is 0 Å². The number of aliphatic hydroxyl groups excluding tert-OH is 4.